The quantitative estimate of drug-likeness (QED) is 0.459. The summed E-state index contributed by atoms with van der Waals surface area (Å²) in [5.74, 6) is 0.0401. The molecule has 4 rings (SSSR count). The summed E-state index contributed by atoms with van der Waals surface area (Å²) < 4.78 is 21.7. The van der Waals surface area contributed by atoms with Crippen LogP contribution in [0.4, 0.5) is 4.39 Å². The van der Waals surface area contributed by atoms with Crippen LogP contribution in [0.1, 0.15) is 12.5 Å². The highest BCUT2D eigenvalue weighted by Gasteiger charge is 2.15. The molecule has 164 valence electrons. The van der Waals surface area contributed by atoms with Crippen LogP contribution in [0.5, 0.6) is 5.75 Å². The second-order valence-corrected chi connectivity index (χ2v) is 7.27. The van der Waals surface area contributed by atoms with Crippen LogP contribution < -0.4 is 15.6 Å². The second-order valence-electron chi connectivity index (χ2n) is 7.27. The molecule has 0 bridgehead atoms. The van der Waals surface area contributed by atoms with Crippen molar-refractivity contribution in [2.45, 2.75) is 26.1 Å². The van der Waals surface area contributed by atoms with Crippen molar-refractivity contribution in [1.82, 2.24) is 24.6 Å². The lowest BCUT2D eigenvalue weighted by Gasteiger charge is -2.14. The number of fused-ring (bicyclic) bond motifs is 1. The number of carbonyl (C=O) groups excluding carboxylic acids is 1. The van der Waals surface area contributed by atoms with Crippen molar-refractivity contribution in [2.75, 3.05) is 6.54 Å². The van der Waals surface area contributed by atoms with Crippen LogP contribution in [-0.2, 0) is 17.9 Å². The minimum atomic E-state index is -0.649. The Morgan fingerprint density at radius 2 is 1.91 bits per heavy atom. The van der Waals surface area contributed by atoms with Gasteiger partial charge in [-0.05, 0) is 36.8 Å². The number of aromatic nitrogens is 4. The van der Waals surface area contributed by atoms with Crippen LogP contribution in [0, 0.1) is 5.82 Å². The third-order valence-corrected chi connectivity index (χ3v) is 4.94. The van der Waals surface area contributed by atoms with E-state index in [1.807, 2.05) is 18.2 Å². The van der Waals surface area contributed by atoms with E-state index in [2.05, 4.69) is 15.4 Å². The zero-order chi connectivity index (χ0) is 22.5. The number of ether oxygens (including phenoxy) is 1. The summed E-state index contributed by atoms with van der Waals surface area (Å²) in [5, 5.41) is 7.41. The molecule has 0 aliphatic heterocycles. The standard InChI is InChI=1S/C23H22FN5O3/c1-16(32-19-5-3-2-4-6-19)22(30)25-11-12-29-21-20(13-27-29)23(31)28(15-26-21)14-17-7-9-18(24)10-8-17/h2-10,13,15-16H,11-12,14H2,1H3,(H,25,30). The zero-order valence-corrected chi connectivity index (χ0v) is 17.4. The number of amides is 1. The lowest BCUT2D eigenvalue weighted by atomic mass is 10.2. The maximum absolute atomic E-state index is 13.1. The van der Waals surface area contributed by atoms with Gasteiger partial charge in [-0.25, -0.2) is 14.1 Å². The van der Waals surface area contributed by atoms with E-state index < -0.39 is 6.10 Å². The number of nitrogens with one attached hydrogen (secondary N) is 1. The molecule has 2 aromatic heterocycles. The van der Waals surface area contributed by atoms with Gasteiger partial charge in [-0.3, -0.25) is 14.2 Å². The minimum Gasteiger partial charge on any atom is -0.481 e. The van der Waals surface area contributed by atoms with Crippen molar-refractivity contribution in [1.29, 1.82) is 0 Å². The molecule has 9 heteroatoms. The van der Waals surface area contributed by atoms with Crippen molar-refractivity contribution in [3.63, 3.8) is 0 Å². The third-order valence-electron chi connectivity index (χ3n) is 4.94. The van der Waals surface area contributed by atoms with Gasteiger partial charge in [0.05, 0.1) is 19.3 Å². The van der Waals surface area contributed by atoms with Crippen LogP contribution >= 0.6 is 0 Å². The van der Waals surface area contributed by atoms with E-state index in [1.54, 1.807) is 35.9 Å². The maximum atomic E-state index is 13.1. The predicted octanol–water partition coefficient (Wildman–Crippen LogP) is 2.36. The molecule has 0 aliphatic rings. The molecule has 0 spiro atoms. The average Bonchev–Trinajstić information content (AvgIpc) is 3.21. The molecule has 2 aromatic carbocycles. The van der Waals surface area contributed by atoms with Gasteiger partial charge in [0.2, 0.25) is 0 Å². The molecule has 1 amide bonds. The number of hydrogen-bond donors (Lipinski definition) is 1. The summed E-state index contributed by atoms with van der Waals surface area (Å²) in [6.45, 7) is 2.61. The Morgan fingerprint density at radius 1 is 1.16 bits per heavy atom. The predicted molar refractivity (Wildman–Crippen MR) is 117 cm³/mol. The second kappa shape index (κ2) is 9.42. The van der Waals surface area contributed by atoms with Crippen LogP contribution in [-0.4, -0.2) is 37.9 Å². The smallest absolute Gasteiger partial charge is 0.264 e. The molecule has 0 radical (unpaired) electrons. The van der Waals surface area contributed by atoms with Crippen LogP contribution in [0.2, 0.25) is 0 Å². The molecule has 0 saturated heterocycles. The normalized spacial score (nSPS) is 11.9. The van der Waals surface area contributed by atoms with Crippen LogP contribution in [0.15, 0.2) is 71.9 Å². The Hall–Kier alpha value is -4.01. The number of carbonyl (C=O) groups is 1. The fourth-order valence-electron chi connectivity index (χ4n) is 3.25. The molecular weight excluding hydrogens is 413 g/mol. The molecule has 8 nitrogen and oxygen atoms in total. The van der Waals surface area contributed by atoms with Gasteiger partial charge in [0.25, 0.3) is 11.5 Å². The minimum absolute atomic E-state index is 0.237. The van der Waals surface area contributed by atoms with E-state index in [4.69, 9.17) is 4.74 Å². The van der Waals surface area contributed by atoms with Gasteiger partial charge >= 0.3 is 0 Å². The molecule has 2 heterocycles. The largest absolute Gasteiger partial charge is 0.481 e. The van der Waals surface area contributed by atoms with Crippen molar-refractivity contribution in [3.8, 4) is 5.75 Å². The summed E-state index contributed by atoms with van der Waals surface area (Å²) in [5.41, 5.74) is 0.990. The molecule has 1 N–H and O–H groups in total. The molecule has 4 aromatic rings. The summed E-state index contributed by atoms with van der Waals surface area (Å²) in [6, 6.07) is 15.1. The summed E-state index contributed by atoms with van der Waals surface area (Å²) in [4.78, 5) is 29.4. The first kappa shape index (κ1) is 21.2. The maximum Gasteiger partial charge on any atom is 0.264 e. The van der Waals surface area contributed by atoms with E-state index >= 15 is 0 Å². The number of rotatable bonds is 8. The molecule has 1 unspecified atom stereocenters. The van der Waals surface area contributed by atoms with Crippen molar-refractivity contribution in [3.05, 3.63) is 88.9 Å². The third kappa shape index (κ3) is 4.83. The lowest BCUT2D eigenvalue weighted by molar-refractivity contribution is -0.127. The Bertz CT molecular complexity index is 1270. The van der Waals surface area contributed by atoms with Crippen LogP contribution in [0.3, 0.4) is 0 Å². The number of nitrogens with zero attached hydrogens (tertiary/aromatic N) is 4. The van der Waals surface area contributed by atoms with E-state index in [-0.39, 0.29) is 23.8 Å². The van der Waals surface area contributed by atoms with E-state index in [0.29, 0.717) is 29.9 Å². The first-order chi connectivity index (χ1) is 15.5. The summed E-state index contributed by atoms with van der Waals surface area (Å²) in [7, 11) is 0. The zero-order valence-electron chi connectivity index (χ0n) is 17.4. The fraction of sp³-hybridized carbons (Fsp3) is 0.217. The molecule has 0 aliphatic carbocycles. The monoisotopic (exact) mass is 435 g/mol. The highest BCUT2D eigenvalue weighted by Crippen LogP contribution is 2.11. The van der Waals surface area contributed by atoms with Crippen LogP contribution in [0.25, 0.3) is 11.0 Å². The number of benzene rings is 2. The molecule has 0 saturated carbocycles. The van der Waals surface area contributed by atoms with Gasteiger partial charge in [0.1, 0.15) is 23.3 Å². The first-order valence-electron chi connectivity index (χ1n) is 10.2. The Morgan fingerprint density at radius 3 is 2.66 bits per heavy atom. The summed E-state index contributed by atoms with van der Waals surface area (Å²) >= 11 is 0. The topological polar surface area (TPSA) is 91.0 Å². The lowest BCUT2D eigenvalue weighted by Crippen LogP contribution is -2.38. The number of para-hydroxylation sites is 1. The highest BCUT2D eigenvalue weighted by molar-refractivity contribution is 5.80. The Kier molecular flexibility index (Phi) is 6.25. The summed E-state index contributed by atoms with van der Waals surface area (Å²) in [6.07, 6.45) is 2.26. The Balaban J connectivity index is 1.37. The number of halogens is 1. The molecular formula is C23H22FN5O3. The average molecular weight is 435 g/mol. The van der Waals surface area contributed by atoms with Gasteiger partial charge in [0.15, 0.2) is 11.8 Å². The van der Waals surface area contributed by atoms with Gasteiger partial charge in [0, 0.05) is 6.54 Å². The van der Waals surface area contributed by atoms with Crippen molar-refractivity contribution in [2.24, 2.45) is 0 Å². The molecule has 1 atom stereocenters. The molecule has 0 fully saturated rings. The van der Waals surface area contributed by atoms with E-state index in [9.17, 15) is 14.0 Å². The SMILES string of the molecule is CC(Oc1ccccc1)C(=O)NCCn1ncc2c(=O)n(Cc3ccc(F)cc3)cnc21. The van der Waals surface area contributed by atoms with Crippen molar-refractivity contribution >= 4 is 16.9 Å². The van der Waals surface area contributed by atoms with Crippen molar-refractivity contribution < 1.29 is 13.9 Å². The van der Waals surface area contributed by atoms with E-state index in [0.717, 1.165) is 5.56 Å². The fourth-order valence-corrected chi connectivity index (χ4v) is 3.25. The van der Waals surface area contributed by atoms with Gasteiger partial charge in [-0.2, -0.15) is 5.10 Å². The van der Waals surface area contributed by atoms with Gasteiger partial charge < -0.3 is 10.1 Å². The first-order valence-corrected chi connectivity index (χ1v) is 10.2. The Labute approximate surface area is 183 Å². The van der Waals surface area contributed by atoms with Gasteiger partial charge in [-0.15, -0.1) is 0 Å². The van der Waals surface area contributed by atoms with Gasteiger partial charge in [-0.1, -0.05) is 30.3 Å². The molecule has 32 heavy (non-hydrogen) atoms. The van der Waals surface area contributed by atoms with E-state index in [1.165, 1.54) is 29.2 Å². The highest BCUT2D eigenvalue weighted by atomic mass is 19.1. The number of hydrogen-bond acceptors (Lipinski definition) is 5.